The Morgan fingerprint density at radius 1 is 1.40 bits per heavy atom. The van der Waals surface area contributed by atoms with Crippen LogP contribution in [0.1, 0.15) is 25.8 Å². The molecule has 0 radical (unpaired) electrons. The van der Waals surface area contributed by atoms with Gasteiger partial charge in [-0.2, -0.15) is 0 Å². The number of aliphatic carboxylic acids is 1. The molecule has 1 unspecified atom stereocenters. The largest absolute Gasteiger partial charge is 0.481 e. The number of hydrogen-bond acceptors (Lipinski definition) is 4. The Morgan fingerprint density at radius 2 is 2.15 bits per heavy atom. The molecule has 0 amide bonds. The van der Waals surface area contributed by atoms with Gasteiger partial charge in [-0.1, -0.05) is 30.1 Å². The zero-order chi connectivity index (χ0) is 14.7. The lowest BCUT2D eigenvalue weighted by Crippen LogP contribution is -2.15. The summed E-state index contributed by atoms with van der Waals surface area (Å²) in [6.45, 7) is 1.88. The summed E-state index contributed by atoms with van der Waals surface area (Å²) in [7, 11) is 0. The lowest BCUT2D eigenvalue weighted by Gasteiger charge is -2.14. The number of benzene rings is 1. The second kappa shape index (κ2) is 6.19. The summed E-state index contributed by atoms with van der Waals surface area (Å²) < 4.78 is 1.51. The molecule has 2 aromatic rings. The topological polar surface area (TPSA) is 80.9 Å². The Bertz CT molecular complexity index is 630. The molecule has 0 aliphatic heterocycles. The van der Waals surface area contributed by atoms with Crippen molar-refractivity contribution in [3.63, 3.8) is 0 Å². The quantitative estimate of drug-likeness (QED) is 0.917. The SMILES string of the molecule is CCC(CC(=O)O)n1nnnc1-c1ccc(Cl)c(Cl)c1. The molecular weight excluding hydrogens is 303 g/mol. The van der Waals surface area contributed by atoms with Crippen LogP contribution in [0.15, 0.2) is 18.2 Å². The van der Waals surface area contributed by atoms with E-state index in [9.17, 15) is 4.79 Å². The van der Waals surface area contributed by atoms with Gasteiger partial charge in [-0.15, -0.1) is 5.10 Å². The van der Waals surface area contributed by atoms with Crippen molar-refractivity contribution < 1.29 is 9.90 Å². The van der Waals surface area contributed by atoms with Crippen molar-refractivity contribution in [1.29, 1.82) is 0 Å². The molecular formula is C12H12Cl2N4O2. The summed E-state index contributed by atoms with van der Waals surface area (Å²) in [5.74, 6) is -0.427. The number of nitrogens with zero attached hydrogens (tertiary/aromatic N) is 4. The van der Waals surface area contributed by atoms with Gasteiger partial charge in [0.1, 0.15) is 0 Å². The van der Waals surface area contributed by atoms with Gasteiger partial charge in [0.15, 0.2) is 5.82 Å². The molecule has 8 heteroatoms. The molecule has 1 aromatic heterocycles. The number of carboxylic acid groups (broad SMARTS) is 1. The molecule has 106 valence electrons. The highest BCUT2D eigenvalue weighted by Gasteiger charge is 2.20. The van der Waals surface area contributed by atoms with E-state index in [0.717, 1.165) is 0 Å². The number of carboxylic acids is 1. The molecule has 0 saturated heterocycles. The van der Waals surface area contributed by atoms with E-state index in [4.69, 9.17) is 28.3 Å². The van der Waals surface area contributed by atoms with Crippen molar-refractivity contribution in [2.75, 3.05) is 0 Å². The molecule has 0 bridgehead atoms. The van der Waals surface area contributed by atoms with Crippen LogP contribution in [0.25, 0.3) is 11.4 Å². The lowest BCUT2D eigenvalue weighted by molar-refractivity contribution is -0.138. The van der Waals surface area contributed by atoms with Gasteiger partial charge >= 0.3 is 5.97 Å². The summed E-state index contributed by atoms with van der Waals surface area (Å²) in [6.07, 6.45) is 0.557. The molecule has 0 spiro atoms. The second-order valence-electron chi connectivity index (χ2n) is 4.24. The predicted molar refractivity (Wildman–Crippen MR) is 74.9 cm³/mol. The fourth-order valence-corrected chi connectivity index (χ4v) is 2.17. The van der Waals surface area contributed by atoms with Crippen molar-refractivity contribution in [3.05, 3.63) is 28.2 Å². The summed E-state index contributed by atoms with van der Waals surface area (Å²) >= 11 is 11.8. The van der Waals surface area contributed by atoms with E-state index < -0.39 is 5.97 Å². The summed E-state index contributed by atoms with van der Waals surface area (Å²) in [5.41, 5.74) is 0.688. The van der Waals surface area contributed by atoms with Crippen LogP contribution in [0.2, 0.25) is 10.0 Å². The van der Waals surface area contributed by atoms with Crippen LogP contribution in [0.5, 0.6) is 0 Å². The van der Waals surface area contributed by atoms with E-state index in [0.29, 0.717) is 27.9 Å². The first kappa shape index (κ1) is 14.7. The smallest absolute Gasteiger partial charge is 0.305 e. The molecule has 1 heterocycles. The number of halogens is 2. The van der Waals surface area contributed by atoms with Crippen LogP contribution in [0.4, 0.5) is 0 Å². The zero-order valence-corrected chi connectivity index (χ0v) is 12.1. The van der Waals surface area contributed by atoms with Gasteiger partial charge in [-0.3, -0.25) is 4.79 Å². The van der Waals surface area contributed by atoms with E-state index in [1.807, 2.05) is 6.92 Å². The van der Waals surface area contributed by atoms with Crippen LogP contribution in [0, 0.1) is 0 Å². The van der Waals surface area contributed by atoms with Crippen LogP contribution in [0.3, 0.4) is 0 Å². The number of carbonyl (C=O) groups is 1. The molecule has 1 aromatic carbocycles. The normalized spacial score (nSPS) is 12.3. The van der Waals surface area contributed by atoms with Crippen LogP contribution in [-0.2, 0) is 4.79 Å². The zero-order valence-electron chi connectivity index (χ0n) is 10.6. The maximum atomic E-state index is 10.9. The third kappa shape index (κ3) is 3.08. The standard InChI is InChI=1S/C12H12Cl2N4O2/c1-2-8(6-11(19)20)18-12(15-16-17-18)7-3-4-9(13)10(14)5-7/h3-5,8H,2,6H2,1H3,(H,19,20). The van der Waals surface area contributed by atoms with Crippen molar-refractivity contribution in [3.8, 4) is 11.4 Å². The molecule has 2 rings (SSSR count). The predicted octanol–water partition coefficient (Wildman–Crippen LogP) is 3.07. The minimum Gasteiger partial charge on any atom is -0.481 e. The fourth-order valence-electron chi connectivity index (χ4n) is 1.87. The Hall–Kier alpha value is -1.66. The molecule has 20 heavy (non-hydrogen) atoms. The maximum absolute atomic E-state index is 10.9. The number of rotatable bonds is 5. The van der Waals surface area contributed by atoms with Crippen molar-refractivity contribution in [1.82, 2.24) is 20.2 Å². The average Bonchev–Trinajstić information content (AvgIpc) is 2.88. The lowest BCUT2D eigenvalue weighted by atomic mass is 10.1. The van der Waals surface area contributed by atoms with Gasteiger partial charge < -0.3 is 5.11 Å². The van der Waals surface area contributed by atoms with Gasteiger partial charge in [-0.05, 0) is 35.0 Å². The molecule has 6 nitrogen and oxygen atoms in total. The second-order valence-corrected chi connectivity index (χ2v) is 5.05. The maximum Gasteiger partial charge on any atom is 0.305 e. The Kier molecular flexibility index (Phi) is 4.57. The summed E-state index contributed by atoms with van der Waals surface area (Å²) in [5, 5.41) is 21.2. The first-order valence-electron chi connectivity index (χ1n) is 5.98. The van der Waals surface area contributed by atoms with Gasteiger partial charge in [-0.25, -0.2) is 4.68 Å². The molecule has 0 fully saturated rings. The fraction of sp³-hybridized carbons (Fsp3) is 0.333. The molecule has 1 atom stereocenters. The van der Waals surface area contributed by atoms with Gasteiger partial charge in [0.25, 0.3) is 0 Å². The summed E-state index contributed by atoms with van der Waals surface area (Å²) in [6, 6.07) is 4.73. The number of tetrazole rings is 1. The van der Waals surface area contributed by atoms with Crippen molar-refractivity contribution in [2.45, 2.75) is 25.8 Å². The monoisotopic (exact) mass is 314 g/mol. The van der Waals surface area contributed by atoms with Crippen LogP contribution in [-0.4, -0.2) is 31.3 Å². The highest BCUT2D eigenvalue weighted by Crippen LogP contribution is 2.29. The first-order chi connectivity index (χ1) is 9.52. The molecule has 1 N–H and O–H groups in total. The Labute approximate surface area is 125 Å². The van der Waals surface area contributed by atoms with Gasteiger partial charge in [0.2, 0.25) is 0 Å². The van der Waals surface area contributed by atoms with Crippen molar-refractivity contribution in [2.24, 2.45) is 0 Å². The third-order valence-corrected chi connectivity index (χ3v) is 3.64. The van der Waals surface area contributed by atoms with E-state index in [1.54, 1.807) is 18.2 Å². The van der Waals surface area contributed by atoms with E-state index in [2.05, 4.69) is 15.5 Å². The molecule has 0 saturated carbocycles. The first-order valence-corrected chi connectivity index (χ1v) is 6.73. The highest BCUT2D eigenvalue weighted by atomic mass is 35.5. The van der Waals surface area contributed by atoms with E-state index in [-0.39, 0.29) is 12.5 Å². The highest BCUT2D eigenvalue weighted by molar-refractivity contribution is 6.42. The number of hydrogen-bond donors (Lipinski definition) is 1. The van der Waals surface area contributed by atoms with E-state index in [1.165, 1.54) is 4.68 Å². The third-order valence-electron chi connectivity index (χ3n) is 2.90. The Balaban J connectivity index is 2.40. The van der Waals surface area contributed by atoms with Crippen molar-refractivity contribution >= 4 is 29.2 Å². The molecule has 0 aliphatic rings. The minimum atomic E-state index is -0.896. The van der Waals surface area contributed by atoms with E-state index >= 15 is 0 Å². The van der Waals surface area contributed by atoms with Crippen LogP contribution >= 0.6 is 23.2 Å². The minimum absolute atomic E-state index is 0.0458. The number of aromatic nitrogens is 4. The van der Waals surface area contributed by atoms with Gasteiger partial charge in [0, 0.05) is 5.56 Å². The van der Waals surface area contributed by atoms with Crippen LogP contribution < -0.4 is 0 Å². The molecule has 0 aliphatic carbocycles. The summed E-state index contributed by atoms with van der Waals surface area (Å²) in [4.78, 5) is 10.9. The van der Waals surface area contributed by atoms with Gasteiger partial charge in [0.05, 0.1) is 22.5 Å². The average molecular weight is 315 g/mol. The Morgan fingerprint density at radius 3 is 2.75 bits per heavy atom.